The molecule has 0 aromatic heterocycles. The quantitative estimate of drug-likeness (QED) is 0.808. The summed E-state index contributed by atoms with van der Waals surface area (Å²) < 4.78 is 26.7. The van der Waals surface area contributed by atoms with Crippen LogP contribution in [0.4, 0.5) is 0 Å². The van der Waals surface area contributed by atoms with Crippen LogP contribution >= 0.6 is 0 Å². The first-order valence-electron chi connectivity index (χ1n) is 6.60. The predicted molar refractivity (Wildman–Crippen MR) is 77.2 cm³/mol. The van der Waals surface area contributed by atoms with Gasteiger partial charge in [0, 0.05) is 0 Å². The molecule has 0 spiro atoms. The molecule has 0 aliphatic rings. The smallest absolute Gasteiger partial charge is 0.321 e. The molecule has 0 aliphatic heterocycles. The summed E-state index contributed by atoms with van der Waals surface area (Å²) in [7, 11) is -3.81. The molecule has 0 saturated carbocycles. The zero-order valence-electron chi connectivity index (χ0n) is 12.0. The Labute approximate surface area is 120 Å². The lowest BCUT2D eigenvalue weighted by Crippen LogP contribution is -2.40. The van der Waals surface area contributed by atoms with Gasteiger partial charge in [-0.3, -0.25) is 4.79 Å². The van der Waals surface area contributed by atoms with E-state index < -0.39 is 22.0 Å². The average Bonchev–Trinajstić information content (AvgIpc) is 2.37. The molecular formula is C14H21NO4S. The molecule has 0 saturated heterocycles. The van der Waals surface area contributed by atoms with Crippen LogP contribution in [0.5, 0.6) is 0 Å². The molecule has 0 amide bonds. The van der Waals surface area contributed by atoms with E-state index in [1.807, 2.05) is 20.8 Å². The third-order valence-corrected chi connectivity index (χ3v) is 4.70. The maximum Gasteiger partial charge on any atom is 0.321 e. The third kappa shape index (κ3) is 4.31. The summed E-state index contributed by atoms with van der Waals surface area (Å²) in [5, 5.41) is 9.08. The van der Waals surface area contributed by atoms with Crippen LogP contribution in [-0.4, -0.2) is 25.5 Å². The second-order valence-corrected chi connectivity index (χ2v) is 6.61. The van der Waals surface area contributed by atoms with E-state index in [0.717, 1.165) is 17.5 Å². The monoisotopic (exact) mass is 299 g/mol. The van der Waals surface area contributed by atoms with Crippen molar-refractivity contribution in [3.63, 3.8) is 0 Å². The third-order valence-electron chi connectivity index (χ3n) is 3.23. The first-order valence-corrected chi connectivity index (χ1v) is 8.08. The number of sulfonamides is 1. The zero-order chi connectivity index (χ0) is 15.3. The number of unbranched alkanes of at least 4 members (excludes halogenated alkanes) is 1. The van der Waals surface area contributed by atoms with Gasteiger partial charge in [-0.2, -0.15) is 4.72 Å². The van der Waals surface area contributed by atoms with Crippen LogP contribution in [0.15, 0.2) is 23.1 Å². The molecule has 1 atom stereocenters. The molecule has 6 heteroatoms. The number of rotatable bonds is 7. The van der Waals surface area contributed by atoms with Crippen molar-refractivity contribution in [3.05, 3.63) is 29.3 Å². The second-order valence-electron chi connectivity index (χ2n) is 4.90. The van der Waals surface area contributed by atoms with Crippen molar-refractivity contribution in [3.8, 4) is 0 Å². The number of carboxylic acid groups (broad SMARTS) is 1. The summed E-state index contributed by atoms with van der Waals surface area (Å²) in [5.41, 5.74) is 1.85. The highest BCUT2D eigenvalue weighted by Gasteiger charge is 2.24. The van der Waals surface area contributed by atoms with Crippen molar-refractivity contribution < 1.29 is 18.3 Å². The fraction of sp³-hybridized carbons (Fsp3) is 0.500. The first kappa shape index (κ1) is 16.7. The Kier molecular flexibility index (Phi) is 5.71. The topological polar surface area (TPSA) is 83.5 Å². The SMILES string of the molecule is CCCCC(NS(=O)(=O)c1ccc(C)c(C)c1)C(=O)O. The highest BCUT2D eigenvalue weighted by atomic mass is 32.2. The van der Waals surface area contributed by atoms with Gasteiger partial charge in [-0.25, -0.2) is 8.42 Å². The van der Waals surface area contributed by atoms with Crippen molar-refractivity contribution in [2.75, 3.05) is 0 Å². The number of carbonyl (C=O) groups is 1. The molecule has 0 aliphatic carbocycles. The van der Waals surface area contributed by atoms with Crippen molar-refractivity contribution in [1.82, 2.24) is 4.72 Å². The fourth-order valence-electron chi connectivity index (χ4n) is 1.78. The van der Waals surface area contributed by atoms with Crippen LogP contribution < -0.4 is 4.72 Å². The molecule has 1 unspecified atom stereocenters. The molecular weight excluding hydrogens is 278 g/mol. The molecule has 0 fully saturated rings. The highest BCUT2D eigenvalue weighted by molar-refractivity contribution is 7.89. The van der Waals surface area contributed by atoms with Crippen LogP contribution in [-0.2, 0) is 14.8 Å². The number of hydrogen-bond donors (Lipinski definition) is 2. The Bertz CT molecular complexity index is 581. The number of aliphatic carboxylic acids is 1. The van der Waals surface area contributed by atoms with Gasteiger partial charge in [0.2, 0.25) is 10.0 Å². The second kappa shape index (κ2) is 6.85. The minimum Gasteiger partial charge on any atom is -0.480 e. The largest absolute Gasteiger partial charge is 0.480 e. The minimum absolute atomic E-state index is 0.100. The van der Waals surface area contributed by atoms with Gasteiger partial charge in [-0.05, 0) is 43.5 Å². The van der Waals surface area contributed by atoms with Crippen LogP contribution in [0.3, 0.4) is 0 Å². The number of hydrogen-bond acceptors (Lipinski definition) is 3. The molecule has 0 radical (unpaired) electrons. The highest BCUT2D eigenvalue weighted by Crippen LogP contribution is 2.15. The summed E-state index contributed by atoms with van der Waals surface area (Å²) in [6.07, 6.45) is 1.76. The predicted octanol–water partition coefficient (Wildman–Crippen LogP) is 2.23. The number of nitrogens with one attached hydrogen (secondary N) is 1. The summed E-state index contributed by atoms with van der Waals surface area (Å²) >= 11 is 0. The standard InChI is InChI=1S/C14H21NO4S/c1-4-5-6-13(14(16)17)15-20(18,19)12-8-7-10(2)11(3)9-12/h7-9,13,15H,4-6H2,1-3H3,(H,16,17). The van der Waals surface area contributed by atoms with Gasteiger partial charge in [-0.15, -0.1) is 0 Å². The van der Waals surface area contributed by atoms with Crippen LogP contribution in [0, 0.1) is 13.8 Å². The molecule has 112 valence electrons. The van der Waals surface area contributed by atoms with Gasteiger partial charge >= 0.3 is 5.97 Å². The van der Waals surface area contributed by atoms with Crippen molar-refractivity contribution in [1.29, 1.82) is 0 Å². The van der Waals surface area contributed by atoms with E-state index in [4.69, 9.17) is 5.11 Å². The molecule has 5 nitrogen and oxygen atoms in total. The zero-order valence-corrected chi connectivity index (χ0v) is 12.8. The van der Waals surface area contributed by atoms with E-state index in [2.05, 4.69) is 4.72 Å². The molecule has 1 rings (SSSR count). The lowest BCUT2D eigenvalue weighted by molar-refractivity contribution is -0.139. The average molecular weight is 299 g/mol. The normalized spacial score (nSPS) is 13.2. The Morgan fingerprint density at radius 1 is 1.30 bits per heavy atom. The Hall–Kier alpha value is -1.40. The summed E-state index contributed by atoms with van der Waals surface area (Å²) in [6, 6.07) is 3.67. The van der Waals surface area contributed by atoms with Crippen molar-refractivity contribution in [2.24, 2.45) is 0 Å². The molecule has 0 heterocycles. The minimum atomic E-state index is -3.81. The van der Waals surface area contributed by atoms with E-state index in [1.165, 1.54) is 6.07 Å². The lowest BCUT2D eigenvalue weighted by atomic mass is 10.1. The molecule has 20 heavy (non-hydrogen) atoms. The fourth-order valence-corrected chi connectivity index (χ4v) is 3.09. The number of benzene rings is 1. The van der Waals surface area contributed by atoms with Gasteiger partial charge in [0.1, 0.15) is 6.04 Å². The van der Waals surface area contributed by atoms with Gasteiger partial charge in [0.25, 0.3) is 0 Å². The first-order chi connectivity index (χ1) is 9.27. The van der Waals surface area contributed by atoms with Crippen LogP contribution in [0.1, 0.15) is 37.3 Å². The molecule has 1 aromatic carbocycles. The van der Waals surface area contributed by atoms with Crippen LogP contribution in [0.25, 0.3) is 0 Å². The van der Waals surface area contributed by atoms with Gasteiger partial charge in [0.05, 0.1) is 4.90 Å². The number of aryl methyl sites for hydroxylation is 2. The van der Waals surface area contributed by atoms with Gasteiger partial charge < -0.3 is 5.11 Å². The maximum atomic E-state index is 12.2. The van der Waals surface area contributed by atoms with E-state index in [0.29, 0.717) is 6.42 Å². The van der Waals surface area contributed by atoms with E-state index in [9.17, 15) is 13.2 Å². The van der Waals surface area contributed by atoms with Crippen molar-refractivity contribution >= 4 is 16.0 Å². The number of carboxylic acids is 1. The molecule has 1 aromatic rings. The lowest BCUT2D eigenvalue weighted by Gasteiger charge is -2.15. The van der Waals surface area contributed by atoms with E-state index >= 15 is 0 Å². The Balaban J connectivity index is 2.97. The molecule has 2 N–H and O–H groups in total. The maximum absolute atomic E-state index is 12.2. The summed E-state index contributed by atoms with van der Waals surface area (Å²) in [5.74, 6) is -1.15. The van der Waals surface area contributed by atoms with Crippen LogP contribution in [0.2, 0.25) is 0 Å². The Morgan fingerprint density at radius 2 is 1.95 bits per heavy atom. The van der Waals surface area contributed by atoms with E-state index in [1.54, 1.807) is 12.1 Å². The summed E-state index contributed by atoms with van der Waals surface area (Å²) in [6.45, 7) is 5.64. The summed E-state index contributed by atoms with van der Waals surface area (Å²) in [4.78, 5) is 11.2. The molecule has 0 bridgehead atoms. The van der Waals surface area contributed by atoms with Crippen molar-refractivity contribution in [2.45, 2.75) is 51.0 Å². The Morgan fingerprint density at radius 3 is 2.45 bits per heavy atom. The van der Waals surface area contributed by atoms with Gasteiger partial charge in [-0.1, -0.05) is 25.8 Å². The van der Waals surface area contributed by atoms with E-state index in [-0.39, 0.29) is 11.3 Å². The van der Waals surface area contributed by atoms with Gasteiger partial charge in [0.15, 0.2) is 0 Å².